The lowest BCUT2D eigenvalue weighted by Gasteiger charge is -2.12. The van der Waals surface area contributed by atoms with E-state index < -0.39 is 12.1 Å². The van der Waals surface area contributed by atoms with Crippen molar-refractivity contribution in [1.29, 1.82) is 0 Å². The number of carbonyl (C=O) groups is 1. The van der Waals surface area contributed by atoms with Gasteiger partial charge in [0.15, 0.2) is 6.79 Å². The van der Waals surface area contributed by atoms with Gasteiger partial charge in [0.05, 0.1) is 6.61 Å². The smallest absolute Gasteiger partial charge is 0.333 e. The highest BCUT2D eigenvalue weighted by Gasteiger charge is 2.09. The van der Waals surface area contributed by atoms with E-state index >= 15 is 0 Å². The lowest BCUT2D eigenvalue weighted by atomic mass is 10.3. The van der Waals surface area contributed by atoms with Crippen molar-refractivity contribution >= 4 is 5.97 Å². The van der Waals surface area contributed by atoms with Crippen LogP contribution in [0.5, 0.6) is 5.75 Å². The summed E-state index contributed by atoms with van der Waals surface area (Å²) in [5, 5.41) is 9.49. The van der Waals surface area contributed by atoms with Gasteiger partial charge in [0.2, 0.25) is 0 Å². The molecule has 0 aliphatic rings. The Morgan fingerprint density at radius 2 is 2.00 bits per heavy atom. The number of esters is 1. The SMILES string of the molecule is C=C(C)C(=O)OCC(O)COCOc1ccccc1. The second-order valence-electron chi connectivity index (χ2n) is 3.98. The molecule has 5 heteroatoms. The predicted molar refractivity (Wildman–Crippen MR) is 69.7 cm³/mol. The van der Waals surface area contributed by atoms with E-state index in [1.165, 1.54) is 0 Å². The van der Waals surface area contributed by atoms with Crippen molar-refractivity contribution < 1.29 is 24.1 Å². The molecule has 1 rings (SSSR count). The molecule has 0 bridgehead atoms. The lowest BCUT2D eigenvalue weighted by molar-refractivity contribution is -0.143. The number of aliphatic hydroxyl groups is 1. The first kappa shape index (κ1) is 15.2. The molecule has 0 aromatic heterocycles. The molecule has 0 heterocycles. The van der Waals surface area contributed by atoms with Gasteiger partial charge in [-0.2, -0.15) is 0 Å². The fourth-order valence-corrected chi connectivity index (χ4v) is 1.15. The quantitative estimate of drug-likeness (QED) is 0.334. The molecule has 19 heavy (non-hydrogen) atoms. The number of hydrogen-bond acceptors (Lipinski definition) is 5. The number of aliphatic hydroxyl groups excluding tert-OH is 1. The summed E-state index contributed by atoms with van der Waals surface area (Å²) >= 11 is 0. The van der Waals surface area contributed by atoms with E-state index in [1.807, 2.05) is 18.2 Å². The Balaban J connectivity index is 2.09. The van der Waals surface area contributed by atoms with E-state index in [0.29, 0.717) is 11.3 Å². The molecule has 1 N–H and O–H groups in total. The van der Waals surface area contributed by atoms with E-state index in [1.54, 1.807) is 19.1 Å². The molecular weight excluding hydrogens is 248 g/mol. The van der Waals surface area contributed by atoms with E-state index in [-0.39, 0.29) is 20.0 Å². The van der Waals surface area contributed by atoms with Crippen molar-refractivity contribution in [2.45, 2.75) is 13.0 Å². The van der Waals surface area contributed by atoms with Crippen LogP contribution in [0.2, 0.25) is 0 Å². The zero-order valence-electron chi connectivity index (χ0n) is 10.9. The summed E-state index contributed by atoms with van der Waals surface area (Å²) in [7, 11) is 0. The highest BCUT2D eigenvalue weighted by Crippen LogP contribution is 2.07. The van der Waals surface area contributed by atoms with Gasteiger partial charge in [-0.3, -0.25) is 0 Å². The van der Waals surface area contributed by atoms with E-state index in [4.69, 9.17) is 14.2 Å². The number of rotatable bonds is 8. The summed E-state index contributed by atoms with van der Waals surface area (Å²) < 4.78 is 15.1. The minimum Gasteiger partial charge on any atom is -0.468 e. The molecule has 0 spiro atoms. The standard InChI is InChI=1S/C14H18O5/c1-11(2)14(16)18-9-12(15)8-17-10-19-13-6-4-3-5-7-13/h3-7,12,15H,1,8-10H2,2H3. The van der Waals surface area contributed by atoms with E-state index in [9.17, 15) is 9.90 Å². The monoisotopic (exact) mass is 266 g/mol. The molecule has 1 atom stereocenters. The number of carbonyl (C=O) groups excluding carboxylic acids is 1. The third kappa shape index (κ3) is 6.59. The van der Waals surface area contributed by atoms with Crippen LogP contribution in [0.4, 0.5) is 0 Å². The lowest BCUT2D eigenvalue weighted by Crippen LogP contribution is -2.24. The van der Waals surface area contributed by atoms with Gasteiger partial charge in [-0.1, -0.05) is 24.8 Å². The fourth-order valence-electron chi connectivity index (χ4n) is 1.15. The van der Waals surface area contributed by atoms with Gasteiger partial charge in [0.25, 0.3) is 0 Å². The molecule has 1 aromatic rings. The topological polar surface area (TPSA) is 65.0 Å². The van der Waals surface area contributed by atoms with Crippen LogP contribution >= 0.6 is 0 Å². The largest absolute Gasteiger partial charge is 0.468 e. The Morgan fingerprint density at radius 1 is 1.32 bits per heavy atom. The van der Waals surface area contributed by atoms with Gasteiger partial charge >= 0.3 is 5.97 Å². The molecule has 0 fully saturated rings. The maximum atomic E-state index is 11.1. The Bertz CT molecular complexity index is 402. The molecular formula is C14H18O5. The summed E-state index contributed by atoms with van der Waals surface area (Å²) in [6.07, 6.45) is -0.886. The van der Waals surface area contributed by atoms with Crippen LogP contribution in [0.3, 0.4) is 0 Å². The molecule has 0 aliphatic heterocycles. The minimum absolute atomic E-state index is 0.0233. The Hall–Kier alpha value is -1.85. The first-order valence-electron chi connectivity index (χ1n) is 5.86. The number of hydrogen-bond donors (Lipinski definition) is 1. The van der Waals surface area contributed by atoms with Gasteiger partial charge in [0.1, 0.15) is 18.5 Å². The average molecular weight is 266 g/mol. The Morgan fingerprint density at radius 3 is 2.63 bits per heavy atom. The summed E-state index contributed by atoms with van der Waals surface area (Å²) in [5.74, 6) is 0.158. The van der Waals surface area contributed by atoms with Gasteiger partial charge in [-0.05, 0) is 19.1 Å². The molecule has 0 saturated heterocycles. The van der Waals surface area contributed by atoms with Crippen molar-refractivity contribution in [1.82, 2.24) is 0 Å². The average Bonchev–Trinajstić information content (AvgIpc) is 2.42. The first-order chi connectivity index (χ1) is 9.09. The van der Waals surface area contributed by atoms with Crippen molar-refractivity contribution in [2.24, 2.45) is 0 Å². The second kappa shape index (κ2) is 8.29. The molecule has 0 amide bonds. The van der Waals surface area contributed by atoms with E-state index in [2.05, 4.69) is 6.58 Å². The third-order valence-corrected chi connectivity index (χ3v) is 2.12. The Kier molecular flexibility index (Phi) is 6.63. The fraction of sp³-hybridized carbons (Fsp3) is 0.357. The van der Waals surface area contributed by atoms with Crippen LogP contribution in [-0.4, -0.2) is 37.2 Å². The van der Waals surface area contributed by atoms with Gasteiger partial charge in [0, 0.05) is 5.57 Å². The minimum atomic E-state index is -0.886. The normalized spacial score (nSPS) is 11.7. The van der Waals surface area contributed by atoms with Crippen LogP contribution in [0, 0.1) is 0 Å². The van der Waals surface area contributed by atoms with Crippen LogP contribution in [0.25, 0.3) is 0 Å². The van der Waals surface area contributed by atoms with Gasteiger partial charge in [-0.15, -0.1) is 0 Å². The molecule has 0 saturated carbocycles. The van der Waals surface area contributed by atoms with Crippen LogP contribution in [0.1, 0.15) is 6.92 Å². The molecule has 104 valence electrons. The summed E-state index contributed by atoms with van der Waals surface area (Å²) in [5.41, 5.74) is 0.292. The van der Waals surface area contributed by atoms with Crippen molar-refractivity contribution in [3.8, 4) is 5.75 Å². The zero-order chi connectivity index (χ0) is 14.1. The third-order valence-electron chi connectivity index (χ3n) is 2.12. The maximum absolute atomic E-state index is 11.1. The highest BCUT2D eigenvalue weighted by molar-refractivity contribution is 5.86. The summed E-state index contributed by atoms with van der Waals surface area (Å²) in [6.45, 7) is 4.89. The van der Waals surface area contributed by atoms with Crippen LogP contribution < -0.4 is 4.74 Å². The molecule has 5 nitrogen and oxygen atoms in total. The van der Waals surface area contributed by atoms with Crippen molar-refractivity contribution in [2.75, 3.05) is 20.0 Å². The van der Waals surface area contributed by atoms with Crippen LogP contribution in [0.15, 0.2) is 42.5 Å². The molecule has 1 aromatic carbocycles. The summed E-state index contributed by atoms with van der Waals surface area (Å²) in [6, 6.07) is 9.18. The highest BCUT2D eigenvalue weighted by atomic mass is 16.7. The second-order valence-corrected chi connectivity index (χ2v) is 3.98. The number of ether oxygens (including phenoxy) is 3. The van der Waals surface area contributed by atoms with Crippen molar-refractivity contribution in [3.05, 3.63) is 42.5 Å². The Labute approximate surface area is 112 Å². The predicted octanol–water partition coefficient (Wildman–Crippen LogP) is 1.52. The van der Waals surface area contributed by atoms with Gasteiger partial charge in [-0.25, -0.2) is 4.79 Å². The maximum Gasteiger partial charge on any atom is 0.333 e. The summed E-state index contributed by atoms with van der Waals surface area (Å²) in [4.78, 5) is 11.1. The zero-order valence-corrected chi connectivity index (χ0v) is 10.9. The number of benzene rings is 1. The van der Waals surface area contributed by atoms with Gasteiger partial charge < -0.3 is 19.3 Å². The van der Waals surface area contributed by atoms with Crippen LogP contribution in [-0.2, 0) is 14.3 Å². The molecule has 0 aliphatic carbocycles. The molecule has 1 unspecified atom stereocenters. The molecule has 0 radical (unpaired) electrons. The number of para-hydroxylation sites is 1. The van der Waals surface area contributed by atoms with E-state index in [0.717, 1.165) is 0 Å². The first-order valence-corrected chi connectivity index (χ1v) is 5.86. The van der Waals surface area contributed by atoms with Crippen molar-refractivity contribution in [3.63, 3.8) is 0 Å².